The third-order valence-electron chi connectivity index (χ3n) is 3.04. The molecule has 0 spiro atoms. The second-order valence-electron chi connectivity index (χ2n) is 4.47. The fraction of sp³-hybridized carbons (Fsp3) is 0.286. The van der Waals surface area contributed by atoms with Gasteiger partial charge in [-0.05, 0) is 17.7 Å². The second-order valence-corrected chi connectivity index (χ2v) is 4.85. The van der Waals surface area contributed by atoms with Crippen molar-refractivity contribution < 1.29 is 14.6 Å². The molecule has 22 heavy (non-hydrogen) atoms. The quantitative estimate of drug-likeness (QED) is 0.746. The van der Waals surface area contributed by atoms with Crippen molar-refractivity contribution in [2.24, 2.45) is 0 Å². The Hall–Kier alpha value is -2.25. The fourth-order valence-electron chi connectivity index (χ4n) is 1.85. The Bertz CT molecular complexity index is 682. The van der Waals surface area contributed by atoms with E-state index in [4.69, 9.17) is 21.1 Å². The molecule has 3 N–H and O–H groups in total. The first-order valence-corrected chi connectivity index (χ1v) is 6.81. The van der Waals surface area contributed by atoms with Gasteiger partial charge in [-0.3, -0.25) is 4.79 Å². The highest BCUT2D eigenvalue weighted by Crippen LogP contribution is 2.27. The zero-order chi connectivity index (χ0) is 16.1. The number of hydrogen-bond acceptors (Lipinski definition) is 6. The highest BCUT2D eigenvalue weighted by molar-refractivity contribution is 6.32. The van der Waals surface area contributed by atoms with Crippen molar-refractivity contribution in [3.05, 3.63) is 45.3 Å². The van der Waals surface area contributed by atoms with Gasteiger partial charge in [-0.25, -0.2) is 5.10 Å². The van der Waals surface area contributed by atoms with Crippen LogP contribution in [0, 0.1) is 0 Å². The van der Waals surface area contributed by atoms with Crippen molar-refractivity contribution in [1.29, 1.82) is 0 Å². The number of rotatable bonds is 6. The molecule has 0 amide bonds. The number of aliphatic hydroxyl groups excluding tert-OH is 1. The van der Waals surface area contributed by atoms with Crippen LogP contribution in [0.1, 0.15) is 11.7 Å². The lowest BCUT2D eigenvalue weighted by Gasteiger charge is -2.15. The zero-order valence-corrected chi connectivity index (χ0v) is 12.8. The van der Waals surface area contributed by atoms with Crippen molar-refractivity contribution in [1.82, 2.24) is 10.2 Å². The SMILES string of the molecule is COc1cc(OC)cc(C(O)CNc2cn[nH]c(=O)c2Cl)c1. The molecule has 1 heterocycles. The maximum atomic E-state index is 11.3. The fourth-order valence-corrected chi connectivity index (χ4v) is 2.01. The number of aromatic nitrogens is 2. The summed E-state index contributed by atoms with van der Waals surface area (Å²) < 4.78 is 10.3. The molecule has 118 valence electrons. The first-order valence-electron chi connectivity index (χ1n) is 6.43. The van der Waals surface area contributed by atoms with Crippen LogP contribution in [0.25, 0.3) is 0 Å². The lowest BCUT2D eigenvalue weighted by molar-refractivity contribution is 0.190. The summed E-state index contributed by atoms with van der Waals surface area (Å²) >= 11 is 5.85. The average molecular weight is 326 g/mol. The van der Waals surface area contributed by atoms with Crippen LogP contribution in [0.15, 0.2) is 29.2 Å². The molecule has 0 aliphatic carbocycles. The Morgan fingerprint density at radius 3 is 2.55 bits per heavy atom. The van der Waals surface area contributed by atoms with Gasteiger partial charge in [0.2, 0.25) is 0 Å². The summed E-state index contributed by atoms with van der Waals surface area (Å²) in [5.74, 6) is 1.15. The van der Waals surface area contributed by atoms with Gasteiger partial charge in [-0.2, -0.15) is 5.10 Å². The molecular weight excluding hydrogens is 310 g/mol. The monoisotopic (exact) mass is 325 g/mol. The van der Waals surface area contributed by atoms with E-state index in [0.29, 0.717) is 22.7 Å². The van der Waals surface area contributed by atoms with Gasteiger partial charge in [-0.15, -0.1) is 0 Å². The van der Waals surface area contributed by atoms with Crippen LogP contribution in [0.3, 0.4) is 0 Å². The summed E-state index contributed by atoms with van der Waals surface area (Å²) in [7, 11) is 3.07. The van der Waals surface area contributed by atoms with Crippen molar-refractivity contribution in [3.8, 4) is 11.5 Å². The van der Waals surface area contributed by atoms with Gasteiger partial charge in [0.05, 0.1) is 32.2 Å². The number of benzene rings is 1. The van der Waals surface area contributed by atoms with E-state index >= 15 is 0 Å². The minimum atomic E-state index is -0.848. The maximum absolute atomic E-state index is 11.3. The van der Waals surface area contributed by atoms with Crippen LogP contribution in [-0.4, -0.2) is 36.1 Å². The number of hydrogen-bond donors (Lipinski definition) is 3. The topological polar surface area (TPSA) is 96.5 Å². The third kappa shape index (κ3) is 3.69. The van der Waals surface area contributed by atoms with E-state index in [1.807, 2.05) is 0 Å². The summed E-state index contributed by atoms with van der Waals surface area (Å²) in [4.78, 5) is 11.3. The molecule has 8 heteroatoms. The predicted molar refractivity (Wildman–Crippen MR) is 82.9 cm³/mol. The highest BCUT2D eigenvalue weighted by atomic mass is 35.5. The lowest BCUT2D eigenvalue weighted by atomic mass is 10.1. The molecule has 0 saturated heterocycles. The number of methoxy groups -OCH3 is 2. The van der Waals surface area contributed by atoms with Crippen molar-refractivity contribution in [2.45, 2.75) is 6.10 Å². The molecule has 0 fully saturated rings. The predicted octanol–water partition coefficient (Wildman–Crippen LogP) is 1.59. The Kier molecular flexibility index (Phi) is 5.24. The summed E-state index contributed by atoms with van der Waals surface area (Å²) in [5, 5.41) is 19.0. The summed E-state index contributed by atoms with van der Waals surface area (Å²) in [6.45, 7) is 0.140. The Balaban J connectivity index is 2.13. The van der Waals surface area contributed by atoms with E-state index in [2.05, 4.69) is 15.5 Å². The smallest absolute Gasteiger partial charge is 0.285 e. The molecule has 1 atom stereocenters. The van der Waals surface area contributed by atoms with Crippen LogP contribution in [0.5, 0.6) is 11.5 Å². The van der Waals surface area contributed by atoms with Gasteiger partial charge in [0.1, 0.15) is 16.5 Å². The van der Waals surface area contributed by atoms with E-state index in [9.17, 15) is 9.90 Å². The molecule has 0 radical (unpaired) electrons. The Labute approximate surface area is 131 Å². The molecule has 7 nitrogen and oxygen atoms in total. The largest absolute Gasteiger partial charge is 0.497 e. The van der Waals surface area contributed by atoms with Crippen LogP contribution >= 0.6 is 11.6 Å². The van der Waals surface area contributed by atoms with Gasteiger partial charge in [0.15, 0.2) is 0 Å². The first-order chi connectivity index (χ1) is 10.5. The number of aliphatic hydroxyl groups is 1. The number of halogens is 1. The van der Waals surface area contributed by atoms with Gasteiger partial charge >= 0.3 is 0 Å². The summed E-state index contributed by atoms with van der Waals surface area (Å²) in [5.41, 5.74) is 0.459. The van der Waals surface area contributed by atoms with Crippen LogP contribution in [0.4, 0.5) is 5.69 Å². The first kappa shape index (κ1) is 16.1. The van der Waals surface area contributed by atoms with Crippen molar-refractivity contribution >= 4 is 17.3 Å². The number of H-pyrrole nitrogens is 1. The van der Waals surface area contributed by atoms with Crippen molar-refractivity contribution in [3.63, 3.8) is 0 Å². The standard InChI is InChI=1S/C14H16ClN3O4/c1-21-9-3-8(4-10(5-9)22-2)12(19)7-16-11-6-17-18-14(20)13(11)15/h3-6,12,19H,7H2,1-2H3,(H2,16,18,20). The van der Waals surface area contributed by atoms with E-state index < -0.39 is 11.7 Å². The lowest BCUT2D eigenvalue weighted by Crippen LogP contribution is -2.16. The van der Waals surface area contributed by atoms with E-state index in [-0.39, 0.29) is 11.6 Å². The van der Waals surface area contributed by atoms with Gasteiger partial charge in [0.25, 0.3) is 5.56 Å². The maximum Gasteiger partial charge on any atom is 0.285 e. The average Bonchev–Trinajstić information content (AvgIpc) is 2.55. The molecule has 2 rings (SSSR count). The molecule has 0 bridgehead atoms. The molecular formula is C14H16ClN3O4. The number of anilines is 1. The second kappa shape index (κ2) is 7.15. The third-order valence-corrected chi connectivity index (χ3v) is 3.42. The van der Waals surface area contributed by atoms with Crippen LogP contribution in [-0.2, 0) is 0 Å². The molecule has 0 aliphatic rings. The molecule has 1 aromatic carbocycles. The number of ether oxygens (including phenoxy) is 2. The van der Waals surface area contributed by atoms with Gasteiger partial charge < -0.3 is 19.9 Å². The minimum Gasteiger partial charge on any atom is -0.497 e. The number of nitrogens with one attached hydrogen (secondary N) is 2. The van der Waals surface area contributed by atoms with Crippen LogP contribution in [0.2, 0.25) is 5.02 Å². The van der Waals surface area contributed by atoms with Gasteiger partial charge in [0, 0.05) is 12.6 Å². The number of aromatic amines is 1. The molecule has 1 aromatic heterocycles. The Morgan fingerprint density at radius 1 is 1.32 bits per heavy atom. The van der Waals surface area contributed by atoms with E-state index in [1.54, 1.807) is 18.2 Å². The highest BCUT2D eigenvalue weighted by Gasteiger charge is 2.12. The van der Waals surface area contributed by atoms with Crippen molar-refractivity contribution in [2.75, 3.05) is 26.1 Å². The summed E-state index contributed by atoms with van der Waals surface area (Å²) in [6.07, 6.45) is 0.530. The van der Waals surface area contributed by atoms with Crippen LogP contribution < -0.4 is 20.3 Å². The zero-order valence-electron chi connectivity index (χ0n) is 12.1. The molecule has 0 aliphatic heterocycles. The number of nitrogens with zero attached hydrogens (tertiary/aromatic N) is 1. The molecule has 2 aromatic rings. The minimum absolute atomic E-state index is 0.00887. The summed E-state index contributed by atoms with van der Waals surface area (Å²) in [6, 6.07) is 5.11. The Morgan fingerprint density at radius 2 is 1.95 bits per heavy atom. The van der Waals surface area contributed by atoms with Gasteiger partial charge in [-0.1, -0.05) is 11.6 Å². The van der Waals surface area contributed by atoms with E-state index in [0.717, 1.165) is 0 Å². The molecule has 1 unspecified atom stereocenters. The normalized spacial score (nSPS) is 11.8. The van der Waals surface area contributed by atoms with E-state index in [1.165, 1.54) is 20.4 Å². The molecule has 0 saturated carbocycles.